The quantitative estimate of drug-likeness (QED) is 0.783. The highest BCUT2D eigenvalue weighted by Gasteiger charge is 2.27. The van der Waals surface area contributed by atoms with Crippen LogP contribution in [0.15, 0.2) is 18.2 Å². The summed E-state index contributed by atoms with van der Waals surface area (Å²) in [6.07, 6.45) is 2.35. The molecule has 0 heterocycles. The normalized spacial score (nSPS) is 22.2. The van der Waals surface area contributed by atoms with Crippen LogP contribution in [0, 0.1) is 11.7 Å². The number of rotatable bonds is 4. The van der Waals surface area contributed by atoms with Crippen LogP contribution in [0.1, 0.15) is 44.2 Å². The minimum atomic E-state index is -0.782. The first-order chi connectivity index (χ1) is 10.9. The van der Waals surface area contributed by atoms with Gasteiger partial charge in [0.1, 0.15) is 5.82 Å². The van der Waals surface area contributed by atoms with E-state index >= 15 is 0 Å². The average Bonchev–Trinajstić information content (AvgIpc) is 2.47. The fourth-order valence-electron chi connectivity index (χ4n) is 2.90. The molecule has 126 valence electrons. The van der Waals surface area contributed by atoms with Crippen LogP contribution in [0.5, 0.6) is 0 Å². The highest BCUT2D eigenvalue weighted by molar-refractivity contribution is 6.31. The molecule has 0 bridgehead atoms. The maximum atomic E-state index is 13.8. The zero-order valence-electron chi connectivity index (χ0n) is 12.8. The van der Waals surface area contributed by atoms with Gasteiger partial charge in [-0.1, -0.05) is 17.7 Å². The first-order valence-corrected chi connectivity index (χ1v) is 8.00. The van der Waals surface area contributed by atoms with Gasteiger partial charge in [0.25, 0.3) is 0 Å². The molecule has 0 radical (unpaired) electrons. The van der Waals surface area contributed by atoms with Crippen molar-refractivity contribution in [3.63, 3.8) is 0 Å². The predicted octanol–water partition coefficient (Wildman–Crippen LogP) is 3.48. The number of hydrogen-bond donors (Lipinski definition) is 3. The van der Waals surface area contributed by atoms with Gasteiger partial charge in [-0.3, -0.25) is 4.79 Å². The van der Waals surface area contributed by atoms with Crippen LogP contribution in [0.4, 0.5) is 9.18 Å². The number of aliphatic carboxylic acids is 1. The molecule has 7 heteroatoms. The Bertz CT molecular complexity index is 568. The second-order valence-corrected chi connectivity index (χ2v) is 6.27. The molecule has 1 aromatic carbocycles. The summed E-state index contributed by atoms with van der Waals surface area (Å²) in [6, 6.07) is 3.34. The molecule has 1 aromatic rings. The molecule has 3 N–H and O–H groups in total. The van der Waals surface area contributed by atoms with Crippen LogP contribution >= 0.6 is 11.6 Å². The SMILES string of the molecule is CC(NC(=O)NC1CCC(C(=O)O)CC1)c1c(F)cccc1Cl. The molecule has 0 saturated heterocycles. The van der Waals surface area contributed by atoms with Crippen LogP contribution in [-0.4, -0.2) is 23.1 Å². The topological polar surface area (TPSA) is 78.4 Å². The van der Waals surface area contributed by atoms with Gasteiger partial charge in [0, 0.05) is 16.6 Å². The van der Waals surface area contributed by atoms with Crippen molar-refractivity contribution in [1.29, 1.82) is 0 Å². The highest BCUT2D eigenvalue weighted by Crippen LogP contribution is 2.26. The Hall–Kier alpha value is -1.82. The van der Waals surface area contributed by atoms with Crippen molar-refractivity contribution in [3.05, 3.63) is 34.6 Å². The zero-order valence-corrected chi connectivity index (χ0v) is 13.6. The largest absolute Gasteiger partial charge is 0.481 e. The zero-order chi connectivity index (χ0) is 17.0. The number of halogens is 2. The van der Waals surface area contributed by atoms with Crippen LogP contribution in [-0.2, 0) is 4.79 Å². The van der Waals surface area contributed by atoms with Crippen LogP contribution in [0.3, 0.4) is 0 Å². The molecule has 1 atom stereocenters. The van der Waals surface area contributed by atoms with Gasteiger partial charge < -0.3 is 15.7 Å². The van der Waals surface area contributed by atoms with E-state index in [4.69, 9.17) is 16.7 Å². The highest BCUT2D eigenvalue weighted by atomic mass is 35.5. The third-order valence-electron chi connectivity index (χ3n) is 4.19. The van der Waals surface area contributed by atoms with Crippen LogP contribution < -0.4 is 10.6 Å². The van der Waals surface area contributed by atoms with Crippen molar-refractivity contribution in [2.75, 3.05) is 0 Å². The molecule has 23 heavy (non-hydrogen) atoms. The molecule has 2 rings (SSSR count). The summed E-state index contributed by atoms with van der Waals surface area (Å²) in [5, 5.41) is 14.7. The summed E-state index contributed by atoms with van der Waals surface area (Å²) in [6.45, 7) is 1.66. The number of nitrogens with one attached hydrogen (secondary N) is 2. The molecule has 2 amide bonds. The van der Waals surface area contributed by atoms with E-state index in [-0.39, 0.29) is 22.5 Å². The van der Waals surface area contributed by atoms with E-state index in [9.17, 15) is 14.0 Å². The number of carbonyl (C=O) groups excluding carboxylic acids is 1. The van der Waals surface area contributed by atoms with Crippen molar-refractivity contribution >= 4 is 23.6 Å². The average molecular weight is 343 g/mol. The van der Waals surface area contributed by atoms with Crippen molar-refractivity contribution in [1.82, 2.24) is 10.6 Å². The fourth-order valence-corrected chi connectivity index (χ4v) is 3.23. The molecular formula is C16H20ClFN2O3. The lowest BCUT2D eigenvalue weighted by atomic mass is 9.86. The fraction of sp³-hybridized carbons (Fsp3) is 0.500. The Kier molecular flexibility index (Phi) is 5.82. The van der Waals surface area contributed by atoms with E-state index in [0.29, 0.717) is 25.7 Å². The van der Waals surface area contributed by atoms with Gasteiger partial charge in [0.15, 0.2) is 0 Å². The Morgan fingerprint density at radius 1 is 1.30 bits per heavy atom. The predicted molar refractivity (Wildman–Crippen MR) is 84.9 cm³/mol. The lowest BCUT2D eigenvalue weighted by Crippen LogP contribution is -2.45. The Morgan fingerprint density at radius 3 is 2.52 bits per heavy atom. The Labute approximate surface area is 139 Å². The number of urea groups is 1. The molecule has 5 nitrogen and oxygen atoms in total. The van der Waals surface area contributed by atoms with Gasteiger partial charge in [-0.05, 0) is 44.7 Å². The van der Waals surface area contributed by atoms with Crippen LogP contribution in [0.2, 0.25) is 5.02 Å². The summed E-state index contributed by atoms with van der Waals surface area (Å²) < 4.78 is 13.8. The van der Waals surface area contributed by atoms with Gasteiger partial charge in [0.2, 0.25) is 0 Å². The van der Waals surface area contributed by atoms with Gasteiger partial charge in [-0.15, -0.1) is 0 Å². The molecule has 1 fully saturated rings. The second kappa shape index (κ2) is 7.64. The number of amides is 2. The monoisotopic (exact) mass is 342 g/mol. The van der Waals surface area contributed by atoms with Crippen molar-refractivity contribution in [3.8, 4) is 0 Å². The molecule has 1 unspecified atom stereocenters. The maximum Gasteiger partial charge on any atom is 0.315 e. The third kappa shape index (κ3) is 4.58. The number of carbonyl (C=O) groups is 2. The third-order valence-corrected chi connectivity index (χ3v) is 4.52. The Morgan fingerprint density at radius 2 is 1.96 bits per heavy atom. The number of carboxylic acid groups (broad SMARTS) is 1. The van der Waals surface area contributed by atoms with Crippen molar-refractivity contribution in [2.45, 2.75) is 44.7 Å². The summed E-state index contributed by atoms with van der Waals surface area (Å²) in [5.74, 6) is -1.57. The van der Waals surface area contributed by atoms with Gasteiger partial charge in [-0.2, -0.15) is 0 Å². The minimum Gasteiger partial charge on any atom is -0.481 e. The van der Waals surface area contributed by atoms with E-state index < -0.39 is 23.9 Å². The summed E-state index contributed by atoms with van der Waals surface area (Å²) >= 11 is 5.98. The van der Waals surface area contributed by atoms with Gasteiger partial charge in [-0.25, -0.2) is 9.18 Å². The number of carboxylic acids is 1. The van der Waals surface area contributed by atoms with E-state index in [1.807, 2.05) is 0 Å². The summed E-state index contributed by atoms with van der Waals surface area (Å²) in [4.78, 5) is 22.9. The molecule has 0 aliphatic heterocycles. The van der Waals surface area contributed by atoms with E-state index in [2.05, 4.69) is 10.6 Å². The molecule has 0 aromatic heterocycles. The molecular weight excluding hydrogens is 323 g/mol. The standard InChI is InChI=1S/C16H20ClFN2O3/c1-9(14-12(17)3-2-4-13(14)18)19-16(23)20-11-7-5-10(6-8-11)15(21)22/h2-4,9-11H,5-8H2,1H3,(H,21,22)(H2,19,20,23). The lowest BCUT2D eigenvalue weighted by molar-refractivity contribution is -0.142. The van der Waals surface area contributed by atoms with Gasteiger partial charge in [0.05, 0.1) is 12.0 Å². The van der Waals surface area contributed by atoms with Crippen molar-refractivity contribution in [2.24, 2.45) is 5.92 Å². The summed E-state index contributed by atoms with van der Waals surface area (Å²) in [7, 11) is 0. The van der Waals surface area contributed by atoms with E-state index in [1.54, 1.807) is 13.0 Å². The smallest absolute Gasteiger partial charge is 0.315 e. The van der Waals surface area contributed by atoms with Crippen LogP contribution in [0.25, 0.3) is 0 Å². The maximum absolute atomic E-state index is 13.8. The minimum absolute atomic E-state index is 0.0612. The molecule has 1 aliphatic carbocycles. The number of benzene rings is 1. The Balaban J connectivity index is 1.87. The lowest BCUT2D eigenvalue weighted by Gasteiger charge is -2.27. The van der Waals surface area contributed by atoms with E-state index in [1.165, 1.54) is 12.1 Å². The summed E-state index contributed by atoms with van der Waals surface area (Å²) in [5.41, 5.74) is 0.249. The molecule has 1 aliphatic rings. The first kappa shape index (κ1) is 17.5. The molecule has 0 spiro atoms. The van der Waals surface area contributed by atoms with E-state index in [0.717, 1.165) is 0 Å². The molecule has 1 saturated carbocycles. The second-order valence-electron chi connectivity index (χ2n) is 5.86. The number of hydrogen-bond acceptors (Lipinski definition) is 2. The van der Waals surface area contributed by atoms with Crippen molar-refractivity contribution < 1.29 is 19.1 Å². The van der Waals surface area contributed by atoms with Gasteiger partial charge >= 0.3 is 12.0 Å². The first-order valence-electron chi connectivity index (χ1n) is 7.62.